The molecule has 0 aromatic heterocycles. The van der Waals surface area contributed by atoms with E-state index in [1.807, 2.05) is 18.2 Å². The first-order valence-corrected chi connectivity index (χ1v) is 4.59. The topological polar surface area (TPSA) is 0 Å². The number of allylic oxidation sites excluding steroid dienone is 2. The molecule has 0 aliphatic carbocycles. The first-order valence-electron chi connectivity index (χ1n) is 4.21. The van der Waals surface area contributed by atoms with E-state index in [-0.39, 0.29) is 0 Å². The summed E-state index contributed by atoms with van der Waals surface area (Å²) in [6.07, 6.45) is 3.91. The van der Waals surface area contributed by atoms with E-state index in [9.17, 15) is 0 Å². The van der Waals surface area contributed by atoms with Gasteiger partial charge in [0.2, 0.25) is 0 Å². The Balaban J connectivity index is 2.58. The van der Waals surface area contributed by atoms with E-state index in [0.29, 0.717) is 0 Å². The number of hydrogen-bond acceptors (Lipinski definition) is 0. The first-order chi connectivity index (χ1) is 5.83. The van der Waals surface area contributed by atoms with Crippen LogP contribution in [0.15, 0.2) is 41.4 Å². The maximum atomic E-state index is 5.98. The molecular weight excluding hydrogens is 168 g/mol. The second-order valence-corrected chi connectivity index (χ2v) is 3.21. The Kier molecular flexibility index (Phi) is 3.89. The van der Waals surface area contributed by atoms with Gasteiger partial charge in [0.25, 0.3) is 0 Å². The van der Waals surface area contributed by atoms with Gasteiger partial charge in [-0.3, -0.25) is 0 Å². The van der Waals surface area contributed by atoms with Crippen molar-refractivity contribution in [2.75, 3.05) is 0 Å². The zero-order valence-corrected chi connectivity index (χ0v) is 8.01. The lowest BCUT2D eigenvalue weighted by atomic mass is 10.1. The monoisotopic (exact) mass is 180 g/mol. The first kappa shape index (κ1) is 9.34. The van der Waals surface area contributed by atoms with Crippen molar-refractivity contribution in [2.24, 2.45) is 0 Å². The predicted octanol–water partition coefficient (Wildman–Crippen LogP) is 3.76. The highest BCUT2D eigenvalue weighted by Gasteiger charge is 1.93. The number of benzene rings is 1. The van der Waals surface area contributed by atoms with Crippen molar-refractivity contribution >= 4 is 11.6 Å². The van der Waals surface area contributed by atoms with Crippen molar-refractivity contribution in [3.05, 3.63) is 47.0 Å². The lowest BCUT2D eigenvalue weighted by Crippen LogP contribution is -1.83. The molecule has 1 aromatic carbocycles. The third-order valence-corrected chi connectivity index (χ3v) is 1.93. The van der Waals surface area contributed by atoms with Gasteiger partial charge in [0.1, 0.15) is 0 Å². The van der Waals surface area contributed by atoms with Gasteiger partial charge in [-0.05, 0) is 12.0 Å². The van der Waals surface area contributed by atoms with Crippen LogP contribution < -0.4 is 0 Å². The van der Waals surface area contributed by atoms with Gasteiger partial charge in [-0.25, -0.2) is 0 Å². The Morgan fingerprint density at radius 3 is 2.58 bits per heavy atom. The van der Waals surface area contributed by atoms with Crippen LogP contribution in [0.1, 0.15) is 18.9 Å². The molecule has 0 N–H and O–H groups in total. The Labute approximate surface area is 78.9 Å². The number of halogens is 1. The summed E-state index contributed by atoms with van der Waals surface area (Å²) in [6.45, 7) is 2.09. The zero-order valence-electron chi connectivity index (χ0n) is 7.26. The molecule has 1 aromatic rings. The molecule has 0 bridgehead atoms. The average Bonchev–Trinajstić information content (AvgIpc) is 2.06. The van der Waals surface area contributed by atoms with E-state index in [1.54, 1.807) is 0 Å². The van der Waals surface area contributed by atoms with Gasteiger partial charge in [0, 0.05) is 11.5 Å². The second-order valence-electron chi connectivity index (χ2n) is 2.72. The molecule has 0 aliphatic heterocycles. The molecule has 0 aliphatic rings. The standard InChI is InChI=1S/C11H13Cl/c1-2-6-11(12)9-10-7-4-3-5-8-10/h3-8H,2,9H2,1H3/b11-6+. The van der Waals surface area contributed by atoms with E-state index in [1.165, 1.54) is 5.56 Å². The molecule has 1 heteroatoms. The van der Waals surface area contributed by atoms with E-state index in [2.05, 4.69) is 25.1 Å². The van der Waals surface area contributed by atoms with Crippen molar-refractivity contribution in [2.45, 2.75) is 19.8 Å². The highest BCUT2D eigenvalue weighted by Crippen LogP contribution is 2.11. The summed E-state index contributed by atoms with van der Waals surface area (Å²) in [5.74, 6) is 0. The summed E-state index contributed by atoms with van der Waals surface area (Å²) in [4.78, 5) is 0. The lowest BCUT2D eigenvalue weighted by molar-refractivity contribution is 1.16. The minimum absolute atomic E-state index is 0.857. The molecule has 0 heterocycles. The summed E-state index contributed by atoms with van der Waals surface area (Å²) in [5, 5.41) is 0.934. The van der Waals surface area contributed by atoms with E-state index in [4.69, 9.17) is 11.6 Å². The lowest BCUT2D eigenvalue weighted by Gasteiger charge is -1.98. The van der Waals surface area contributed by atoms with Crippen LogP contribution in [-0.2, 0) is 6.42 Å². The second kappa shape index (κ2) is 5.00. The van der Waals surface area contributed by atoms with Crippen molar-refractivity contribution < 1.29 is 0 Å². The molecule has 0 atom stereocenters. The summed E-state index contributed by atoms with van der Waals surface area (Å²) in [6, 6.07) is 10.3. The Morgan fingerprint density at radius 1 is 1.33 bits per heavy atom. The van der Waals surface area contributed by atoms with Gasteiger partial charge in [-0.15, -0.1) is 0 Å². The van der Waals surface area contributed by atoms with Gasteiger partial charge in [0.15, 0.2) is 0 Å². The Bertz CT molecular complexity index is 249. The normalized spacial score (nSPS) is 11.7. The van der Waals surface area contributed by atoms with Gasteiger partial charge in [-0.2, -0.15) is 0 Å². The summed E-state index contributed by atoms with van der Waals surface area (Å²) < 4.78 is 0. The minimum Gasteiger partial charge on any atom is -0.0891 e. The van der Waals surface area contributed by atoms with Crippen molar-refractivity contribution in [3.63, 3.8) is 0 Å². The third kappa shape index (κ3) is 3.10. The highest BCUT2D eigenvalue weighted by molar-refractivity contribution is 6.29. The summed E-state index contributed by atoms with van der Waals surface area (Å²) >= 11 is 5.98. The van der Waals surface area contributed by atoms with E-state index in [0.717, 1.165) is 17.9 Å². The van der Waals surface area contributed by atoms with E-state index < -0.39 is 0 Å². The molecular formula is C11H13Cl. The summed E-state index contributed by atoms with van der Waals surface area (Å²) in [5.41, 5.74) is 1.27. The molecule has 12 heavy (non-hydrogen) atoms. The van der Waals surface area contributed by atoms with Crippen molar-refractivity contribution in [1.82, 2.24) is 0 Å². The molecule has 0 radical (unpaired) electrons. The minimum atomic E-state index is 0.857. The van der Waals surface area contributed by atoms with Gasteiger partial charge in [0.05, 0.1) is 0 Å². The van der Waals surface area contributed by atoms with Crippen LogP contribution in [-0.4, -0.2) is 0 Å². The fourth-order valence-corrected chi connectivity index (χ4v) is 1.39. The van der Waals surface area contributed by atoms with Crippen molar-refractivity contribution in [3.8, 4) is 0 Å². The molecule has 0 saturated carbocycles. The Hall–Kier alpha value is -0.750. The van der Waals surface area contributed by atoms with Crippen LogP contribution in [0.3, 0.4) is 0 Å². The molecule has 0 spiro atoms. The molecule has 0 saturated heterocycles. The zero-order chi connectivity index (χ0) is 8.81. The predicted molar refractivity (Wildman–Crippen MR) is 54.4 cm³/mol. The molecule has 0 fully saturated rings. The van der Waals surface area contributed by atoms with Gasteiger partial charge < -0.3 is 0 Å². The molecule has 64 valence electrons. The quantitative estimate of drug-likeness (QED) is 0.665. The number of rotatable bonds is 3. The van der Waals surface area contributed by atoms with Gasteiger partial charge >= 0.3 is 0 Å². The Morgan fingerprint density at radius 2 is 2.00 bits per heavy atom. The van der Waals surface area contributed by atoms with Crippen LogP contribution in [0, 0.1) is 0 Å². The van der Waals surface area contributed by atoms with Crippen LogP contribution in [0.4, 0.5) is 0 Å². The SMILES string of the molecule is CC/C=C(/Cl)Cc1ccccc1. The molecule has 0 amide bonds. The smallest absolute Gasteiger partial charge is 0.0184 e. The highest BCUT2D eigenvalue weighted by atomic mass is 35.5. The third-order valence-electron chi connectivity index (χ3n) is 1.64. The van der Waals surface area contributed by atoms with Crippen LogP contribution in [0.5, 0.6) is 0 Å². The van der Waals surface area contributed by atoms with Crippen LogP contribution in [0.25, 0.3) is 0 Å². The van der Waals surface area contributed by atoms with Crippen LogP contribution in [0.2, 0.25) is 0 Å². The molecule has 0 nitrogen and oxygen atoms in total. The molecule has 0 unspecified atom stereocenters. The fraction of sp³-hybridized carbons (Fsp3) is 0.273. The maximum absolute atomic E-state index is 5.98. The summed E-state index contributed by atoms with van der Waals surface area (Å²) in [7, 11) is 0. The van der Waals surface area contributed by atoms with Crippen molar-refractivity contribution in [1.29, 1.82) is 0 Å². The maximum Gasteiger partial charge on any atom is 0.0184 e. The fourth-order valence-electron chi connectivity index (χ4n) is 1.08. The van der Waals surface area contributed by atoms with Gasteiger partial charge in [-0.1, -0.05) is 54.9 Å². The van der Waals surface area contributed by atoms with E-state index >= 15 is 0 Å². The average molecular weight is 181 g/mol. The van der Waals surface area contributed by atoms with Crippen LogP contribution >= 0.6 is 11.6 Å². The largest absolute Gasteiger partial charge is 0.0891 e. The number of hydrogen-bond donors (Lipinski definition) is 0. The molecule has 1 rings (SSSR count).